The highest BCUT2D eigenvalue weighted by Crippen LogP contribution is 2.41. The average molecular weight is 263 g/mol. The average Bonchev–Trinajstić information content (AvgIpc) is 2.84. The van der Waals surface area contributed by atoms with Crippen molar-refractivity contribution in [3.63, 3.8) is 0 Å². The molecule has 19 heavy (non-hydrogen) atoms. The highest BCUT2D eigenvalue weighted by atomic mass is 19.1. The topological polar surface area (TPSA) is 23.5 Å². The Kier molecular flexibility index (Phi) is 3.48. The van der Waals surface area contributed by atoms with Crippen LogP contribution in [0.4, 0.5) is 4.39 Å². The lowest BCUT2D eigenvalue weighted by atomic mass is 9.85. The summed E-state index contributed by atoms with van der Waals surface area (Å²) in [4.78, 5) is 2.47. The lowest BCUT2D eigenvalue weighted by Gasteiger charge is -2.36. The second kappa shape index (κ2) is 5.12. The summed E-state index contributed by atoms with van der Waals surface area (Å²) >= 11 is 0. The van der Waals surface area contributed by atoms with Gasteiger partial charge < -0.3 is 5.11 Å². The smallest absolute Gasteiger partial charge is 0.123 e. The molecule has 3 atom stereocenters. The highest BCUT2D eigenvalue weighted by molar-refractivity contribution is 5.35. The normalized spacial score (nSPS) is 29.2. The quantitative estimate of drug-likeness (QED) is 0.876. The van der Waals surface area contributed by atoms with E-state index >= 15 is 0 Å². The fraction of sp³-hybridized carbons (Fsp3) is 0.625. The lowest BCUT2D eigenvalue weighted by molar-refractivity contribution is 0.139. The van der Waals surface area contributed by atoms with Crippen molar-refractivity contribution < 1.29 is 9.50 Å². The summed E-state index contributed by atoms with van der Waals surface area (Å²) in [5.41, 5.74) is 0.728. The predicted molar refractivity (Wildman–Crippen MR) is 73.5 cm³/mol. The van der Waals surface area contributed by atoms with Crippen molar-refractivity contribution in [1.29, 1.82) is 0 Å². The second-order valence-electron chi connectivity index (χ2n) is 6.02. The van der Waals surface area contributed by atoms with Gasteiger partial charge in [0.1, 0.15) is 11.6 Å². The lowest BCUT2D eigenvalue weighted by Crippen LogP contribution is -2.36. The van der Waals surface area contributed by atoms with Gasteiger partial charge in [-0.3, -0.25) is 4.90 Å². The molecule has 1 heterocycles. The van der Waals surface area contributed by atoms with E-state index in [1.54, 1.807) is 0 Å². The minimum atomic E-state index is -0.265. The number of nitrogens with zero attached hydrogens (tertiary/aromatic N) is 1. The van der Waals surface area contributed by atoms with Gasteiger partial charge in [-0.1, -0.05) is 12.8 Å². The van der Waals surface area contributed by atoms with E-state index in [1.165, 1.54) is 50.3 Å². The molecule has 2 fully saturated rings. The fourth-order valence-electron chi connectivity index (χ4n) is 3.96. The molecule has 1 aromatic carbocycles. The van der Waals surface area contributed by atoms with Crippen molar-refractivity contribution >= 4 is 0 Å². The van der Waals surface area contributed by atoms with Gasteiger partial charge in [0.05, 0.1) is 0 Å². The van der Waals surface area contributed by atoms with E-state index in [0.717, 1.165) is 18.0 Å². The van der Waals surface area contributed by atoms with Crippen molar-refractivity contribution in [2.24, 2.45) is 5.92 Å². The van der Waals surface area contributed by atoms with E-state index in [2.05, 4.69) is 11.8 Å². The largest absolute Gasteiger partial charge is 0.508 e. The van der Waals surface area contributed by atoms with E-state index < -0.39 is 0 Å². The standard InChI is InChI=1S/C16H22FNO/c1-11(14-10-13(17)6-7-16(14)19)18-9-8-12-4-2-3-5-15(12)18/h6-7,10-12,15,19H,2-5,8-9H2,1H3. The molecule has 0 radical (unpaired) electrons. The molecule has 1 aliphatic heterocycles. The number of fused-ring (bicyclic) bond motifs is 1. The molecule has 1 aliphatic carbocycles. The van der Waals surface area contributed by atoms with Crippen LogP contribution in [-0.2, 0) is 0 Å². The van der Waals surface area contributed by atoms with E-state index in [1.807, 2.05) is 0 Å². The van der Waals surface area contributed by atoms with E-state index in [4.69, 9.17) is 0 Å². The zero-order valence-electron chi connectivity index (χ0n) is 11.5. The van der Waals surface area contributed by atoms with Crippen molar-refractivity contribution in [3.8, 4) is 5.75 Å². The van der Waals surface area contributed by atoms with Crippen LogP contribution in [0.25, 0.3) is 0 Å². The molecule has 2 nitrogen and oxygen atoms in total. The number of aromatic hydroxyl groups is 1. The summed E-state index contributed by atoms with van der Waals surface area (Å²) in [7, 11) is 0. The molecule has 0 spiro atoms. The first-order valence-corrected chi connectivity index (χ1v) is 7.41. The van der Waals surface area contributed by atoms with Gasteiger partial charge in [0, 0.05) is 17.6 Å². The maximum Gasteiger partial charge on any atom is 0.123 e. The highest BCUT2D eigenvalue weighted by Gasteiger charge is 2.38. The van der Waals surface area contributed by atoms with Crippen LogP contribution in [0, 0.1) is 11.7 Å². The summed E-state index contributed by atoms with van der Waals surface area (Å²) < 4.78 is 13.4. The molecule has 1 saturated carbocycles. The molecule has 1 N–H and O–H groups in total. The SMILES string of the molecule is CC(c1cc(F)ccc1O)N1CCC2CCCCC21. The van der Waals surface area contributed by atoms with Crippen LogP contribution in [0.1, 0.15) is 50.6 Å². The Hall–Kier alpha value is -1.09. The molecule has 2 aliphatic rings. The summed E-state index contributed by atoms with van der Waals surface area (Å²) in [6, 6.07) is 5.00. The molecule has 3 heteroatoms. The molecule has 1 aromatic rings. The second-order valence-corrected chi connectivity index (χ2v) is 6.02. The van der Waals surface area contributed by atoms with Gasteiger partial charge in [-0.25, -0.2) is 4.39 Å². The van der Waals surface area contributed by atoms with Crippen molar-refractivity contribution in [3.05, 3.63) is 29.6 Å². The predicted octanol–water partition coefficient (Wildman–Crippen LogP) is 3.86. The molecular formula is C16H22FNO. The molecule has 1 saturated heterocycles. The number of hydrogen-bond donors (Lipinski definition) is 1. The molecule has 0 bridgehead atoms. The van der Waals surface area contributed by atoms with Crippen molar-refractivity contribution in [2.45, 2.75) is 51.1 Å². The number of halogens is 1. The number of rotatable bonds is 2. The number of likely N-dealkylation sites (tertiary alicyclic amines) is 1. The van der Waals surface area contributed by atoms with Crippen LogP contribution in [0.15, 0.2) is 18.2 Å². The summed E-state index contributed by atoms with van der Waals surface area (Å²) in [5, 5.41) is 9.97. The Morgan fingerprint density at radius 2 is 2.05 bits per heavy atom. The van der Waals surface area contributed by atoms with E-state index in [-0.39, 0.29) is 17.6 Å². The van der Waals surface area contributed by atoms with Gasteiger partial charge in [0.15, 0.2) is 0 Å². The number of benzene rings is 1. The van der Waals surface area contributed by atoms with Gasteiger partial charge >= 0.3 is 0 Å². The first-order chi connectivity index (χ1) is 9.16. The van der Waals surface area contributed by atoms with Gasteiger partial charge in [-0.05, 0) is 56.8 Å². The Morgan fingerprint density at radius 3 is 2.89 bits per heavy atom. The van der Waals surface area contributed by atoms with Gasteiger partial charge in [-0.15, -0.1) is 0 Å². The first kappa shape index (κ1) is 12.9. The Bertz CT molecular complexity index is 462. The summed E-state index contributed by atoms with van der Waals surface area (Å²) in [6.45, 7) is 3.16. The monoisotopic (exact) mass is 263 g/mol. The molecule has 104 valence electrons. The van der Waals surface area contributed by atoms with Crippen molar-refractivity contribution in [2.75, 3.05) is 6.54 Å². The maximum absolute atomic E-state index is 13.4. The zero-order valence-corrected chi connectivity index (χ0v) is 11.5. The molecule has 0 amide bonds. The van der Waals surface area contributed by atoms with Gasteiger partial charge in [0.2, 0.25) is 0 Å². The third-order valence-electron chi connectivity index (χ3n) is 4.99. The molecular weight excluding hydrogens is 241 g/mol. The number of phenols is 1. The van der Waals surface area contributed by atoms with E-state index in [0.29, 0.717) is 6.04 Å². The molecule has 0 aromatic heterocycles. The molecule has 3 rings (SSSR count). The van der Waals surface area contributed by atoms with Gasteiger partial charge in [-0.2, -0.15) is 0 Å². The molecule has 3 unspecified atom stereocenters. The minimum Gasteiger partial charge on any atom is -0.508 e. The number of phenolic OH excluding ortho intramolecular Hbond substituents is 1. The zero-order chi connectivity index (χ0) is 13.4. The van der Waals surface area contributed by atoms with Crippen molar-refractivity contribution in [1.82, 2.24) is 4.90 Å². The Balaban J connectivity index is 1.83. The number of hydrogen-bond acceptors (Lipinski definition) is 2. The van der Waals surface area contributed by atoms with Crippen LogP contribution >= 0.6 is 0 Å². The maximum atomic E-state index is 13.4. The third kappa shape index (κ3) is 2.36. The van der Waals surface area contributed by atoms with Crippen LogP contribution < -0.4 is 0 Å². The third-order valence-corrected chi connectivity index (χ3v) is 4.99. The first-order valence-electron chi connectivity index (χ1n) is 7.41. The van der Waals surface area contributed by atoms with Crippen LogP contribution in [0.3, 0.4) is 0 Å². The van der Waals surface area contributed by atoms with Gasteiger partial charge in [0.25, 0.3) is 0 Å². The summed E-state index contributed by atoms with van der Waals surface area (Å²) in [5.74, 6) is 0.763. The Labute approximate surface area is 114 Å². The van der Waals surface area contributed by atoms with Crippen LogP contribution in [-0.4, -0.2) is 22.6 Å². The minimum absolute atomic E-state index is 0.101. The summed E-state index contributed by atoms with van der Waals surface area (Å²) in [6.07, 6.45) is 6.51. The van der Waals surface area contributed by atoms with E-state index in [9.17, 15) is 9.50 Å². The van der Waals surface area contributed by atoms with Crippen LogP contribution in [0.2, 0.25) is 0 Å². The fourth-order valence-corrected chi connectivity index (χ4v) is 3.96. The Morgan fingerprint density at radius 1 is 1.26 bits per heavy atom. The van der Waals surface area contributed by atoms with Crippen LogP contribution in [0.5, 0.6) is 5.75 Å².